The van der Waals surface area contributed by atoms with Crippen molar-refractivity contribution in [1.29, 1.82) is 0 Å². The van der Waals surface area contributed by atoms with Crippen LogP contribution in [0.2, 0.25) is 5.02 Å². The van der Waals surface area contributed by atoms with E-state index in [0.29, 0.717) is 22.9 Å². The van der Waals surface area contributed by atoms with E-state index in [0.717, 1.165) is 16.5 Å². The van der Waals surface area contributed by atoms with Crippen molar-refractivity contribution in [3.63, 3.8) is 0 Å². The second-order valence-electron chi connectivity index (χ2n) is 5.72. The molecule has 5 nitrogen and oxygen atoms in total. The molecule has 25 heavy (non-hydrogen) atoms. The Bertz CT molecular complexity index is 965. The fourth-order valence-corrected chi connectivity index (χ4v) is 2.53. The summed E-state index contributed by atoms with van der Waals surface area (Å²) in [4.78, 5) is 26.3. The molecule has 1 heterocycles. The van der Waals surface area contributed by atoms with Crippen LogP contribution >= 0.6 is 11.6 Å². The third-order valence-electron chi connectivity index (χ3n) is 3.77. The molecule has 0 fully saturated rings. The molecule has 6 heteroatoms. The van der Waals surface area contributed by atoms with Crippen LogP contribution < -0.4 is 15.6 Å². The van der Waals surface area contributed by atoms with Gasteiger partial charge >= 0.3 is 0 Å². The zero-order valence-electron chi connectivity index (χ0n) is 13.6. The highest BCUT2D eigenvalue weighted by atomic mass is 35.5. The normalized spacial score (nSPS) is 10.6. The summed E-state index contributed by atoms with van der Waals surface area (Å²) in [5.41, 5.74) is 2.29. The highest BCUT2D eigenvalue weighted by Gasteiger charge is 2.05. The molecule has 0 unspecified atom stereocenters. The van der Waals surface area contributed by atoms with Crippen LogP contribution in [0.15, 0.2) is 53.3 Å². The second kappa shape index (κ2) is 7.40. The number of carbonyl (C=O) groups is 1. The first-order valence-corrected chi connectivity index (χ1v) is 8.17. The summed E-state index contributed by atoms with van der Waals surface area (Å²) < 4.78 is 5.40. The summed E-state index contributed by atoms with van der Waals surface area (Å²) in [6, 6.07) is 14.3. The molecule has 1 amide bonds. The summed E-state index contributed by atoms with van der Waals surface area (Å²) in [6.07, 6.45) is 0. The molecule has 2 N–H and O–H groups in total. The van der Waals surface area contributed by atoms with Gasteiger partial charge in [-0.1, -0.05) is 17.7 Å². The zero-order valence-corrected chi connectivity index (χ0v) is 14.4. The Hall–Kier alpha value is -2.79. The Balaban J connectivity index is 1.58. The molecule has 0 atom stereocenters. The van der Waals surface area contributed by atoms with E-state index in [1.807, 2.05) is 24.3 Å². The Morgan fingerprint density at radius 3 is 2.68 bits per heavy atom. The Kier molecular flexibility index (Phi) is 5.05. The number of aryl methyl sites for hydroxylation is 1. The molecular weight excluding hydrogens is 340 g/mol. The van der Waals surface area contributed by atoms with E-state index in [4.69, 9.17) is 16.3 Å². The summed E-state index contributed by atoms with van der Waals surface area (Å²) in [5.74, 6) is 0.373. The van der Waals surface area contributed by atoms with Crippen molar-refractivity contribution < 1.29 is 9.53 Å². The lowest BCUT2D eigenvalue weighted by Crippen LogP contribution is -2.28. The number of ether oxygens (including phenoxy) is 1. The number of carbonyl (C=O) groups excluding carboxylic acids is 1. The van der Waals surface area contributed by atoms with Crippen molar-refractivity contribution in [2.75, 3.05) is 6.61 Å². The maximum absolute atomic E-state index is 11.9. The molecule has 0 saturated heterocycles. The lowest BCUT2D eigenvalue weighted by molar-refractivity contribution is -0.123. The number of amides is 1. The first-order chi connectivity index (χ1) is 12.0. The number of rotatable bonds is 5. The van der Waals surface area contributed by atoms with E-state index in [2.05, 4.69) is 10.3 Å². The van der Waals surface area contributed by atoms with Crippen LogP contribution in [-0.4, -0.2) is 17.5 Å². The molecule has 0 radical (unpaired) electrons. The lowest BCUT2D eigenvalue weighted by atomic mass is 10.1. The van der Waals surface area contributed by atoms with Gasteiger partial charge in [0.2, 0.25) is 0 Å². The molecule has 2 aromatic carbocycles. The molecule has 0 spiro atoms. The number of halogens is 1. The highest BCUT2D eigenvalue weighted by Crippen LogP contribution is 2.15. The van der Waals surface area contributed by atoms with Gasteiger partial charge in [-0.3, -0.25) is 9.59 Å². The smallest absolute Gasteiger partial charge is 0.258 e. The number of hydrogen-bond donors (Lipinski definition) is 2. The fraction of sp³-hybridized carbons (Fsp3) is 0.158. The van der Waals surface area contributed by atoms with Crippen LogP contribution in [0.25, 0.3) is 10.9 Å². The topological polar surface area (TPSA) is 71.2 Å². The van der Waals surface area contributed by atoms with Gasteiger partial charge in [0.1, 0.15) is 5.75 Å². The van der Waals surface area contributed by atoms with Crippen LogP contribution in [0.1, 0.15) is 11.1 Å². The van der Waals surface area contributed by atoms with Crippen molar-refractivity contribution in [3.05, 3.63) is 75.0 Å². The number of fused-ring (bicyclic) bond motifs is 1. The van der Waals surface area contributed by atoms with Crippen LogP contribution in [-0.2, 0) is 11.3 Å². The molecule has 1 aromatic heterocycles. The average molecular weight is 357 g/mol. The van der Waals surface area contributed by atoms with Crippen molar-refractivity contribution in [2.24, 2.45) is 0 Å². The van der Waals surface area contributed by atoms with Crippen LogP contribution in [0.3, 0.4) is 0 Å². The quantitative estimate of drug-likeness (QED) is 0.737. The minimum Gasteiger partial charge on any atom is -0.484 e. The van der Waals surface area contributed by atoms with Gasteiger partial charge < -0.3 is 15.0 Å². The van der Waals surface area contributed by atoms with Gasteiger partial charge in [0.25, 0.3) is 11.5 Å². The lowest BCUT2D eigenvalue weighted by Gasteiger charge is -2.08. The SMILES string of the molecule is Cc1cc2cc(CNC(=O)COc3ccc(Cl)cc3)ccc2[nH]c1=O. The van der Waals surface area contributed by atoms with E-state index < -0.39 is 0 Å². The number of nitrogens with one attached hydrogen (secondary N) is 2. The molecule has 3 aromatic rings. The van der Waals surface area contributed by atoms with Crippen LogP contribution in [0.5, 0.6) is 5.75 Å². The summed E-state index contributed by atoms with van der Waals surface area (Å²) in [7, 11) is 0. The predicted molar refractivity (Wildman–Crippen MR) is 98.1 cm³/mol. The minimum absolute atomic E-state index is 0.0678. The number of aromatic nitrogens is 1. The predicted octanol–water partition coefficient (Wildman–Crippen LogP) is 3.19. The highest BCUT2D eigenvalue weighted by molar-refractivity contribution is 6.30. The largest absolute Gasteiger partial charge is 0.484 e. The van der Waals surface area contributed by atoms with E-state index in [1.165, 1.54) is 0 Å². The van der Waals surface area contributed by atoms with E-state index >= 15 is 0 Å². The number of pyridine rings is 1. The maximum Gasteiger partial charge on any atom is 0.258 e. The average Bonchev–Trinajstić information content (AvgIpc) is 2.60. The van der Waals surface area contributed by atoms with Gasteiger partial charge in [0.05, 0.1) is 0 Å². The summed E-state index contributed by atoms with van der Waals surface area (Å²) in [6.45, 7) is 2.08. The third kappa shape index (κ3) is 4.39. The van der Waals surface area contributed by atoms with Gasteiger partial charge in [-0.15, -0.1) is 0 Å². The maximum atomic E-state index is 11.9. The first kappa shape index (κ1) is 17.0. The molecular formula is C19H17ClN2O3. The molecule has 0 bridgehead atoms. The Morgan fingerprint density at radius 2 is 1.92 bits per heavy atom. The molecule has 0 aliphatic heterocycles. The van der Waals surface area contributed by atoms with Crippen molar-refractivity contribution >= 4 is 28.4 Å². The number of hydrogen-bond acceptors (Lipinski definition) is 3. The third-order valence-corrected chi connectivity index (χ3v) is 4.02. The molecule has 128 valence electrons. The molecule has 0 aliphatic carbocycles. The molecule has 0 saturated carbocycles. The van der Waals surface area contributed by atoms with Crippen LogP contribution in [0.4, 0.5) is 0 Å². The first-order valence-electron chi connectivity index (χ1n) is 7.79. The van der Waals surface area contributed by atoms with E-state index in [9.17, 15) is 9.59 Å². The Labute approximate surface area is 149 Å². The van der Waals surface area contributed by atoms with E-state index in [1.54, 1.807) is 31.2 Å². The van der Waals surface area contributed by atoms with Crippen LogP contribution in [0, 0.1) is 6.92 Å². The Morgan fingerprint density at radius 1 is 1.16 bits per heavy atom. The summed E-state index contributed by atoms with van der Waals surface area (Å²) >= 11 is 5.80. The standard InChI is InChI=1S/C19H17ClN2O3/c1-12-8-14-9-13(2-7-17(14)22-19(12)24)10-21-18(23)11-25-16-5-3-15(20)4-6-16/h2-9H,10-11H2,1H3,(H,21,23)(H,22,24). The van der Waals surface area contributed by atoms with Gasteiger partial charge in [0, 0.05) is 22.6 Å². The van der Waals surface area contributed by atoms with Crippen molar-refractivity contribution in [2.45, 2.75) is 13.5 Å². The zero-order chi connectivity index (χ0) is 17.8. The fourth-order valence-electron chi connectivity index (χ4n) is 2.41. The molecule has 0 aliphatic rings. The monoisotopic (exact) mass is 356 g/mol. The van der Waals surface area contributed by atoms with Gasteiger partial charge in [-0.2, -0.15) is 0 Å². The number of aromatic amines is 1. The van der Waals surface area contributed by atoms with Crippen molar-refractivity contribution in [1.82, 2.24) is 10.3 Å². The van der Waals surface area contributed by atoms with E-state index in [-0.39, 0.29) is 18.1 Å². The molecule has 3 rings (SSSR count). The second-order valence-corrected chi connectivity index (χ2v) is 6.16. The van der Waals surface area contributed by atoms with Gasteiger partial charge in [0.15, 0.2) is 6.61 Å². The van der Waals surface area contributed by atoms with Crippen molar-refractivity contribution in [3.8, 4) is 5.75 Å². The van der Waals surface area contributed by atoms with Gasteiger partial charge in [-0.25, -0.2) is 0 Å². The summed E-state index contributed by atoms with van der Waals surface area (Å²) in [5, 5.41) is 4.36. The minimum atomic E-state index is -0.215. The van der Waals surface area contributed by atoms with Gasteiger partial charge in [-0.05, 0) is 60.3 Å². The number of benzene rings is 2. The number of H-pyrrole nitrogens is 1.